The number of hydrogen-bond donors (Lipinski definition) is 1. The summed E-state index contributed by atoms with van der Waals surface area (Å²) in [6, 6.07) is 12.4. The Morgan fingerprint density at radius 1 is 1.13 bits per heavy atom. The fourth-order valence-electron chi connectivity index (χ4n) is 2.04. The number of aromatic amines is 1. The monoisotopic (exact) mass is 330 g/mol. The van der Waals surface area contributed by atoms with Crippen LogP contribution in [-0.2, 0) is 6.42 Å². The largest absolute Gasteiger partial charge is 0.250 e. The van der Waals surface area contributed by atoms with Gasteiger partial charge in [0.2, 0.25) is 4.77 Å². The van der Waals surface area contributed by atoms with E-state index in [9.17, 15) is 8.78 Å². The minimum absolute atomic E-state index is 0.301. The van der Waals surface area contributed by atoms with Crippen LogP contribution in [0.2, 0.25) is 0 Å². The standard InChI is InChI=1S/C16H12F2N4S/c17-13-7-5-11(6-8-13)9-15-20-21-16(23)22(15)19-10-12-3-1-2-4-14(12)18/h1-8,10H,9H2,(H,21,23)/b19-10-. The molecule has 23 heavy (non-hydrogen) atoms. The van der Waals surface area contributed by atoms with E-state index in [-0.39, 0.29) is 11.6 Å². The molecule has 0 saturated carbocycles. The SMILES string of the molecule is Fc1ccc(Cc2n[nH]c(=S)n2/N=C\c2ccccc2F)cc1. The molecule has 2 aromatic carbocycles. The molecule has 0 radical (unpaired) electrons. The average molecular weight is 330 g/mol. The third-order valence-electron chi connectivity index (χ3n) is 3.21. The lowest BCUT2D eigenvalue weighted by molar-refractivity contribution is 0.625. The van der Waals surface area contributed by atoms with Gasteiger partial charge in [-0.15, -0.1) is 0 Å². The summed E-state index contributed by atoms with van der Waals surface area (Å²) < 4.78 is 28.3. The Labute approximate surface area is 136 Å². The van der Waals surface area contributed by atoms with Gasteiger partial charge in [0.25, 0.3) is 0 Å². The zero-order valence-corrected chi connectivity index (χ0v) is 12.7. The molecule has 0 amide bonds. The smallest absolute Gasteiger partial charge is 0.216 e. The Balaban J connectivity index is 1.88. The van der Waals surface area contributed by atoms with E-state index in [4.69, 9.17) is 12.2 Å². The molecule has 1 aromatic heterocycles. The highest BCUT2D eigenvalue weighted by molar-refractivity contribution is 7.71. The molecule has 1 heterocycles. The number of H-pyrrole nitrogens is 1. The summed E-state index contributed by atoms with van der Waals surface area (Å²) in [4.78, 5) is 0. The second-order valence-electron chi connectivity index (χ2n) is 4.83. The van der Waals surface area contributed by atoms with E-state index in [0.717, 1.165) is 5.56 Å². The summed E-state index contributed by atoms with van der Waals surface area (Å²) >= 11 is 5.14. The molecule has 0 atom stereocenters. The minimum Gasteiger partial charge on any atom is -0.250 e. The van der Waals surface area contributed by atoms with Crippen molar-refractivity contribution in [2.45, 2.75) is 6.42 Å². The van der Waals surface area contributed by atoms with Crippen molar-refractivity contribution in [3.8, 4) is 0 Å². The fourth-order valence-corrected chi connectivity index (χ4v) is 2.24. The van der Waals surface area contributed by atoms with Gasteiger partial charge in [-0.25, -0.2) is 8.78 Å². The predicted molar refractivity (Wildman–Crippen MR) is 86.0 cm³/mol. The van der Waals surface area contributed by atoms with Gasteiger partial charge >= 0.3 is 0 Å². The highest BCUT2D eigenvalue weighted by Crippen LogP contribution is 2.10. The summed E-state index contributed by atoms with van der Waals surface area (Å²) in [5, 5.41) is 11.0. The molecule has 1 N–H and O–H groups in total. The van der Waals surface area contributed by atoms with Crippen molar-refractivity contribution in [3.05, 3.63) is 81.9 Å². The van der Waals surface area contributed by atoms with E-state index in [1.165, 1.54) is 29.1 Å². The van der Waals surface area contributed by atoms with Crippen LogP contribution in [0.5, 0.6) is 0 Å². The van der Waals surface area contributed by atoms with Gasteiger partial charge in [0, 0.05) is 12.0 Å². The fraction of sp³-hybridized carbons (Fsp3) is 0.0625. The molecular weight excluding hydrogens is 318 g/mol. The van der Waals surface area contributed by atoms with Crippen molar-refractivity contribution in [3.63, 3.8) is 0 Å². The van der Waals surface area contributed by atoms with E-state index >= 15 is 0 Å². The minimum atomic E-state index is -0.369. The van der Waals surface area contributed by atoms with Gasteiger partial charge < -0.3 is 0 Å². The second-order valence-corrected chi connectivity index (χ2v) is 5.21. The lowest BCUT2D eigenvalue weighted by Crippen LogP contribution is -2.01. The normalized spacial score (nSPS) is 11.2. The quantitative estimate of drug-likeness (QED) is 0.586. The summed E-state index contributed by atoms with van der Waals surface area (Å²) in [6.07, 6.45) is 1.80. The first kappa shape index (κ1) is 15.2. The van der Waals surface area contributed by atoms with Crippen LogP contribution in [0.1, 0.15) is 17.0 Å². The van der Waals surface area contributed by atoms with Gasteiger partial charge in [-0.3, -0.25) is 5.10 Å². The Hall–Kier alpha value is -2.67. The van der Waals surface area contributed by atoms with Crippen molar-refractivity contribution < 1.29 is 8.78 Å². The number of aromatic nitrogens is 3. The van der Waals surface area contributed by atoms with Crippen LogP contribution < -0.4 is 0 Å². The van der Waals surface area contributed by atoms with Crippen LogP contribution in [-0.4, -0.2) is 21.1 Å². The van der Waals surface area contributed by atoms with E-state index in [1.54, 1.807) is 30.3 Å². The van der Waals surface area contributed by atoms with E-state index < -0.39 is 0 Å². The molecule has 0 aliphatic heterocycles. The van der Waals surface area contributed by atoms with E-state index in [2.05, 4.69) is 15.3 Å². The number of nitrogens with zero attached hydrogens (tertiary/aromatic N) is 3. The summed E-state index contributed by atoms with van der Waals surface area (Å²) in [5.41, 5.74) is 1.21. The van der Waals surface area contributed by atoms with E-state index in [1.807, 2.05) is 0 Å². The van der Waals surface area contributed by atoms with Crippen molar-refractivity contribution in [2.75, 3.05) is 0 Å². The lowest BCUT2D eigenvalue weighted by atomic mass is 10.1. The first-order valence-corrected chi connectivity index (χ1v) is 7.24. The van der Waals surface area contributed by atoms with Gasteiger partial charge in [0.05, 0.1) is 6.21 Å². The lowest BCUT2D eigenvalue weighted by Gasteiger charge is -2.02. The van der Waals surface area contributed by atoms with Crippen LogP contribution in [0.3, 0.4) is 0 Å². The summed E-state index contributed by atoms with van der Waals surface area (Å²) in [5.74, 6) is -0.120. The summed E-state index contributed by atoms with van der Waals surface area (Å²) in [6.45, 7) is 0. The Kier molecular flexibility index (Phi) is 4.38. The second kappa shape index (κ2) is 6.62. The zero-order valence-electron chi connectivity index (χ0n) is 11.9. The van der Waals surface area contributed by atoms with Gasteiger partial charge in [-0.2, -0.15) is 14.9 Å². The molecule has 0 spiro atoms. The predicted octanol–water partition coefficient (Wildman–Crippen LogP) is 3.69. The molecule has 4 nitrogen and oxygen atoms in total. The first-order chi connectivity index (χ1) is 11.1. The number of hydrogen-bond acceptors (Lipinski definition) is 3. The van der Waals surface area contributed by atoms with Crippen LogP contribution in [0, 0.1) is 16.4 Å². The van der Waals surface area contributed by atoms with Crippen molar-refractivity contribution in [1.29, 1.82) is 0 Å². The first-order valence-electron chi connectivity index (χ1n) is 6.83. The van der Waals surface area contributed by atoms with Gasteiger partial charge in [0.1, 0.15) is 11.6 Å². The number of halogens is 2. The third kappa shape index (κ3) is 3.57. The molecule has 0 saturated heterocycles. The molecular formula is C16H12F2N4S. The van der Waals surface area contributed by atoms with Crippen LogP contribution in [0.4, 0.5) is 8.78 Å². The Bertz CT molecular complexity index is 897. The van der Waals surface area contributed by atoms with Crippen LogP contribution >= 0.6 is 12.2 Å². The number of benzene rings is 2. The number of rotatable bonds is 4. The van der Waals surface area contributed by atoms with Crippen LogP contribution in [0.15, 0.2) is 53.6 Å². The Morgan fingerprint density at radius 2 is 1.87 bits per heavy atom. The van der Waals surface area contributed by atoms with Gasteiger partial charge in [-0.05, 0) is 36.0 Å². The van der Waals surface area contributed by atoms with Crippen molar-refractivity contribution in [2.24, 2.45) is 5.10 Å². The van der Waals surface area contributed by atoms with E-state index in [0.29, 0.717) is 22.6 Å². The molecule has 0 bridgehead atoms. The molecule has 7 heteroatoms. The molecule has 3 aromatic rings. The maximum Gasteiger partial charge on any atom is 0.216 e. The molecule has 116 valence electrons. The maximum atomic E-state index is 13.6. The average Bonchev–Trinajstić information content (AvgIpc) is 2.89. The molecule has 0 fully saturated rings. The third-order valence-corrected chi connectivity index (χ3v) is 3.47. The molecule has 0 unspecified atom stereocenters. The molecule has 0 aliphatic rings. The number of nitrogens with one attached hydrogen (secondary N) is 1. The van der Waals surface area contributed by atoms with Crippen molar-refractivity contribution >= 4 is 18.4 Å². The maximum absolute atomic E-state index is 13.6. The van der Waals surface area contributed by atoms with Crippen LogP contribution in [0.25, 0.3) is 0 Å². The highest BCUT2D eigenvalue weighted by Gasteiger charge is 2.07. The zero-order chi connectivity index (χ0) is 16.2. The summed E-state index contributed by atoms with van der Waals surface area (Å²) in [7, 11) is 0. The van der Waals surface area contributed by atoms with Gasteiger partial charge in [0.15, 0.2) is 5.82 Å². The molecule has 0 aliphatic carbocycles. The van der Waals surface area contributed by atoms with Crippen molar-refractivity contribution in [1.82, 2.24) is 14.9 Å². The van der Waals surface area contributed by atoms with Gasteiger partial charge in [-0.1, -0.05) is 30.3 Å². The molecule has 3 rings (SSSR count). The Morgan fingerprint density at radius 3 is 2.61 bits per heavy atom. The topological polar surface area (TPSA) is 46.0 Å². The highest BCUT2D eigenvalue weighted by atomic mass is 32.1.